The summed E-state index contributed by atoms with van der Waals surface area (Å²) in [5.41, 5.74) is 0.513. The lowest BCUT2D eigenvalue weighted by molar-refractivity contribution is -0.124. The Bertz CT molecular complexity index is 741. The van der Waals surface area contributed by atoms with Gasteiger partial charge in [-0.15, -0.1) is 11.3 Å². The molecule has 23 heavy (non-hydrogen) atoms. The normalized spacial score (nSPS) is 15.7. The fourth-order valence-electron chi connectivity index (χ4n) is 2.07. The van der Waals surface area contributed by atoms with Crippen LogP contribution in [0, 0.1) is 5.41 Å². The fourth-order valence-corrected chi connectivity index (χ4v) is 2.68. The van der Waals surface area contributed by atoms with E-state index in [2.05, 4.69) is 16.0 Å². The summed E-state index contributed by atoms with van der Waals surface area (Å²) in [6, 6.07) is 8.49. The smallest absolute Gasteiger partial charge is 0.324 e. The SMILES string of the molecule is CC1(C)COc2ccc(NC(=O)Nc3cccs3)cc2NC1=O. The molecule has 0 unspecified atom stereocenters. The van der Waals surface area contributed by atoms with Gasteiger partial charge in [0.1, 0.15) is 12.4 Å². The van der Waals surface area contributed by atoms with Crippen molar-refractivity contribution in [1.29, 1.82) is 0 Å². The van der Waals surface area contributed by atoms with Crippen molar-refractivity contribution in [3.63, 3.8) is 0 Å². The topological polar surface area (TPSA) is 79.5 Å². The van der Waals surface area contributed by atoms with Crippen LogP contribution in [0.2, 0.25) is 0 Å². The second-order valence-corrected chi connectivity index (χ2v) is 6.84. The molecule has 0 fully saturated rings. The van der Waals surface area contributed by atoms with Crippen LogP contribution in [0.25, 0.3) is 0 Å². The van der Waals surface area contributed by atoms with Gasteiger partial charge >= 0.3 is 6.03 Å². The number of hydrogen-bond acceptors (Lipinski definition) is 4. The number of ether oxygens (including phenoxy) is 1. The third-order valence-corrected chi connectivity index (χ3v) is 4.23. The number of carbonyl (C=O) groups is 2. The van der Waals surface area contributed by atoms with E-state index in [-0.39, 0.29) is 11.9 Å². The molecule has 2 aromatic rings. The van der Waals surface area contributed by atoms with Crippen LogP contribution in [-0.4, -0.2) is 18.5 Å². The minimum absolute atomic E-state index is 0.114. The first-order chi connectivity index (χ1) is 10.9. The van der Waals surface area contributed by atoms with Crippen LogP contribution in [-0.2, 0) is 4.79 Å². The van der Waals surface area contributed by atoms with E-state index in [9.17, 15) is 9.59 Å². The Labute approximate surface area is 137 Å². The number of benzene rings is 1. The number of nitrogens with one attached hydrogen (secondary N) is 3. The monoisotopic (exact) mass is 331 g/mol. The van der Waals surface area contributed by atoms with E-state index in [1.165, 1.54) is 11.3 Å². The predicted octanol–water partition coefficient (Wildman–Crippen LogP) is 3.75. The largest absolute Gasteiger partial charge is 0.490 e. The zero-order valence-corrected chi connectivity index (χ0v) is 13.6. The van der Waals surface area contributed by atoms with Gasteiger partial charge in [0.2, 0.25) is 5.91 Å². The number of thiophene rings is 1. The quantitative estimate of drug-likeness (QED) is 0.784. The molecule has 1 aliphatic heterocycles. The molecule has 120 valence electrons. The molecule has 2 heterocycles. The number of urea groups is 1. The van der Waals surface area contributed by atoms with E-state index in [0.717, 1.165) is 5.00 Å². The van der Waals surface area contributed by atoms with Crippen molar-refractivity contribution in [2.75, 3.05) is 22.6 Å². The molecule has 0 radical (unpaired) electrons. The molecule has 0 saturated carbocycles. The van der Waals surface area contributed by atoms with E-state index in [1.54, 1.807) is 18.2 Å². The van der Waals surface area contributed by atoms with Crippen molar-refractivity contribution >= 4 is 39.7 Å². The second-order valence-electron chi connectivity index (χ2n) is 5.89. The van der Waals surface area contributed by atoms with E-state index < -0.39 is 5.41 Å². The van der Waals surface area contributed by atoms with Crippen LogP contribution in [0.5, 0.6) is 5.75 Å². The summed E-state index contributed by atoms with van der Waals surface area (Å²) >= 11 is 1.44. The molecule has 7 heteroatoms. The fraction of sp³-hybridized carbons (Fsp3) is 0.250. The van der Waals surface area contributed by atoms with E-state index >= 15 is 0 Å². The van der Waals surface area contributed by atoms with Gasteiger partial charge in [0, 0.05) is 5.69 Å². The lowest BCUT2D eigenvalue weighted by Gasteiger charge is -2.18. The first kappa shape index (κ1) is 15.4. The molecule has 3 rings (SSSR count). The number of fused-ring (bicyclic) bond motifs is 1. The van der Waals surface area contributed by atoms with Crippen LogP contribution in [0.4, 0.5) is 21.2 Å². The molecule has 6 nitrogen and oxygen atoms in total. The standard InChI is InChI=1S/C16H17N3O3S/c1-16(2)9-22-12-6-5-10(8-11(12)18-14(16)20)17-15(21)19-13-4-3-7-23-13/h3-8H,9H2,1-2H3,(H,18,20)(H2,17,19,21). The van der Waals surface area contributed by atoms with Gasteiger partial charge in [0.25, 0.3) is 0 Å². The first-order valence-corrected chi connectivity index (χ1v) is 8.02. The van der Waals surface area contributed by atoms with Crippen molar-refractivity contribution < 1.29 is 14.3 Å². The summed E-state index contributed by atoms with van der Waals surface area (Å²) in [6.07, 6.45) is 0. The molecule has 3 amide bonds. The average molecular weight is 331 g/mol. The lowest BCUT2D eigenvalue weighted by Crippen LogP contribution is -2.33. The van der Waals surface area contributed by atoms with Gasteiger partial charge in [-0.25, -0.2) is 4.79 Å². The Hall–Kier alpha value is -2.54. The van der Waals surface area contributed by atoms with Crippen molar-refractivity contribution in [2.45, 2.75) is 13.8 Å². The van der Waals surface area contributed by atoms with E-state index in [0.29, 0.717) is 23.7 Å². The number of hydrogen-bond donors (Lipinski definition) is 3. The Morgan fingerprint density at radius 2 is 2.13 bits per heavy atom. The summed E-state index contributed by atoms with van der Waals surface area (Å²) in [4.78, 5) is 24.1. The van der Waals surface area contributed by atoms with Crippen LogP contribution in [0.1, 0.15) is 13.8 Å². The molecule has 0 spiro atoms. The maximum Gasteiger partial charge on any atom is 0.324 e. The van der Waals surface area contributed by atoms with Crippen molar-refractivity contribution in [2.24, 2.45) is 5.41 Å². The Morgan fingerprint density at radius 1 is 1.30 bits per heavy atom. The van der Waals surface area contributed by atoms with Gasteiger partial charge in [-0.3, -0.25) is 10.1 Å². The Kier molecular flexibility index (Phi) is 3.96. The molecule has 1 aliphatic rings. The predicted molar refractivity (Wildman–Crippen MR) is 91.3 cm³/mol. The van der Waals surface area contributed by atoms with Gasteiger partial charge < -0.3 is 15.4 Å². The first-order valence-electron chi connectivity index (χ1n) is 7.14. The van der Waals surface area contributed by atoms with E-state index in [4.69, 9.17) is 4.74 Å². The van der Waals surface area contributed by atoms with Gasteiger partial charge in [0.05, 0.1) is 16.1 Å². The maximum absolute atomic E-state index is 12.2. The van der Waals surface area contributed by atoms with Gasteiger partial charge in [-0.1, -0.05) is 0 Å². The highest BCUT2D eigenvalue weighted by molar-refractivity contribution is 7.14. The summed E-state index contributed by atoms with van der Waals surface area (Å²) in [7, 11) is 0. The van der Waals surface area contributed by atoms with Gasteiger partial charge in [0.15, 0.2) is 0 Å². The average Bonchev–Trinajstić information content (AvgIpc) is 2.95. The highest BCUT2D eigenvalue weighted by Crippen LogP contribution is 2.34. The molecular formula is C16H17N3O3S. The molecule has 0 bridgehead atoms. The van der Waals surface area contributed by atoms with E-state index in [1.807, 2.05) is 31.4 Å². The van der Waals surface area contributed by atoms with Crippen LogP contribution < -0.4 is 20.7 Å². The van der Waals surface area contributed by atoms with Crippen molar-refractivity contribution in [3.8, 4) is 5.75 Å². The minimum Gasteiger partial charge on any atom is -0.490 e. The summed E-state index contributed by atoms with van der Waals surface area (Å²) in [5, 5.41) is 11.0. The highest BCUT2D eigenvalue weighted by atomic mass is 32.1. The zero-order valence-electron chi connectivity index (χ0n) is 12.8. The van der Waals surface area contributed by atoms with Gasteiger partial charge in [-0.05, 0) is 49.6 Å². The summed E-state index contributed by atoms with van der Waals surface area (Å²) < 4.78 is 5.67. The second kappa shape index (κ2) is 5.92. The number of rotatable bonds is 2. The Morgan fingerprint density at radius 3 is 2.87 bits per heavy atom. The van der Waals surface area contributed by atoms with Crippen LogP contribution >= 0.6 is 11.3 Å². The number of carbonyl (C=O) groups excluding carboxylic acids is 2. The van der Waals surface area contributed by atoms with Crippen LogP contribution in [0.15, 0.2) is 35.7 Å². The number of amides is 3. The highest BCUT2D eigenvalue weighted by Gasteiger charge is 2.32. The third-order valence-electron chi connectivity index (χ3n) is 3.45. The molecule has 3 N–H and O–H groups in total. The van der Waals surface area contributed by atoms with Crippen molar-refractivity contribution in [3.05, 3.63) is 35.7 Å². The molecule has 0 saturated heterocycles. The summed E-state index contributed by atoms with van der Waals surface area (Å²) in [6.45, 7) is 3.95. The number of anilines is 3. The minimum atomic E-state index is -0.608. The molecule has 1 aromatic carbocycles. The van der Waals surface area contributed by atoms with Crippen molar-refractivity contribution in [1.82, 2.24) is 0 Å². The Balaban J connectivity index is 1.74. The molecule has 0 atom stereocenters. The third kappa shape index (κ3) is 3.45. The molecular weight excluding hydrogens is 314 g/mol. The lowest BCUT2D eigenvalue weighted by atomic mass is 9.94. The molecule has 0 aliphatic carbocycles. The molecule has 1 aromatic heterocycles. The summed E-state index contributed by atoms with van der Waals surface area (Å²) in [5.74, 6) is 0.476. The van der Waals surface area contributed by atoms with Gasteiger partial charge in [-0.2, -0.15) is 0 Å². The zero-order chi connectivity index (χ0) is 16.4. The maximum atomic E-state index is 12.2. The van der Waals surface area contributed by atoms with Crippen LogP contribution in [0.3, 0.4) is 0 Å².